The predicted octanol–water partition coefficient (Wildman–Crippen LogP) is 0.922. The molecule has 0 aliphatic carbocycles. The van der Waals surface area contributed by atoms with Crippen LogP contribution in [0.15, 0.2) is 24.3 Å². The van der Waals surface area contributed by atoms with E-state index in [-0.39, 0.29) is 18.6 Å². The molecule has 0 radical (unpaired) electrons. The minimum atomic E-state index is -0.635. The van der Waals surface area contributed by atoms with E-state index in [1.54, 1.807) is 7.11 Å². The number of likely N-dealkylation sites (tertiary alicyclic amines) is 1. The first-order valence-electron chi connectivity index (χ1n) is 8.06. The maximum Gasteiger partial charge on any atom is 0.239 e. The first kappa shape index (κ1) is 17.7. The second kappa shape index (κ2) is 8.86. The molecule has 2 atom stereocenters. The summed E-state index contributed by atoms with van der Waals surface area (Å²) in [4.78, 5) is 14.4. The van der Waals surface area contributed by atoms with Crippen molar-refractivity contribution >= 4 is 5.91 Å². The number of hydrogen-bond acceptors (Lipinski definition) is 5. The molecule has 0 aromatic heterocycles. The van der Waals surface area contributed by atoms with Gasteiger partial charge in [-0.15, -0.1) is 0 Å². The van der Waals surface area contributed by atoms with Crippen LogP contribution in [-0.4, -0.2) is 57.3 Å². The van der Waals surface area contributed by atoms with E-state index in [2.05, 4.69) is 16.3 Å². The van der Waals surface area contributed by atoms with Gasteiger partial charge in [0.1, 0.15) is 11.8 Å². The van der Waals surface area contributed by atoms with E-state index in [1.165, 1.54) is 20.0 Å². The number of hydrogen-bond donors (Lipinski definition) is 2. The lowest BCUT2D eigenvalue weighted by Gasteiger charge is -2.29. The topological polar surface area (TPSA) is 76.8 Å². The lowest BCUT2D eigenvalue weighted by Crippen LogP contribution is -2.46. The number of nitrogens with zero attached hydrogens (tertiary/aromatic N) is 1. The number of carbonyl (C=O) groups is 1. The van der Waals surface area contributed by atoms with Crippen LogP contribution in [0.4, 0.5) is 0 Å². The third-order valence-corrected chi connectivity index (χ3v) is 4.21. The summed E-state index contributed by atoms with van der Waals surface area (Å²) in [5.74, 6) is 0.646. The average Bonchev–Trinajstić information content (AvgIpc) is 3.09. The smallest absolute Gasteiger partial charge is 0.239 e. The van der Waals surface area contributed by atoms with E-state index in [0.717, 1.165) is 24.4 Å². The number of amides is 1. The zero-order valence-corrected chi connectivity index (χ0v) is 14.0. The molecule has 1 aromatic rings. The lowest BCUT2D eigenvalue weighted by atomic mass is 10.0. The minimum absolute atomic E-state index is 0.131. The average molecular weight is 321 g/mol. The van der Waals surface area contributed by atoms with E-state index >= 15 is 0 Å². The molecule has 1 aliphatic heterocycles. The fourth-order valence-corrected chi connectivity index (χ4v) is 2.94. The highest BCUT2D eigenvalue weighted by Crippen LogP contribution is 2.27. The molecule has 6 heteroatoms. The molecule has 0 spiro atoms. The molecule has 0 saturated carbocycles. The quantitative estimate of drug-likeness (QED) is 0.745. The summed E-state index contributed by atoms with van der Waals surface area (Å²) < 4.78 is 10.3. The molecular weight excluding hydrogens is 294 g/mol. The second-order valence-corrected chi connectivity index (χ2v) is 5.84. The van der Waals surface area contributed by atoms with Crippen LogP contribution in [0.2, 0.25) is 0 Å². The predicted molar refractivity (Wildman–Crippen MR) is 89.4 cm³/mol. The molecule has 2 unspecified atom stereocenters. The molecule has 23 heavy (non-hydrogen) atoms. The molecular formula is C17H27N3O3. The molecule has 1 aromatic carbocycles. The number of ether oxygens (including phenoxy) is 2. The number of nitrogens with one attached hydrogen (secondary N) is 1. The Labute approximate surface area is 137 Å². The highest BCUT2D eigenvalue weighted by molar-refractivity contribution is 5.81. The van der Waals surface area contributed by atoms with Crippen molar-refractivity contribution in [1.29, 1.82) is 0 Å². The number of rotatable bonds is 8. The Hall–Kier alpha value is -1.63. The van der Waals surface area contributed by atoms with Crippen LogP contribution in [-0.2, 0) is 9.53 Å². The Kier molecular flexibility index (Phi) is 6.83. The SMILES string of the molecule is COCC(N)C(=O)NCC(c1cccc(OC)c1)N1CCCC1. The van der Waals surface area contributed by atoms with Gasteiger partial charge in [0.05, 0.1) is 19.8 Å². The lowest BCUT2D eigenvalue weighted by molar-refractivity contribution is -0.123. The summed E-state index contributed by atoms with van der Waals surface area (Å²) in [6, 6.07) is 7.51. The van der Waals surface area contributed by atoms with Crippen LogP contribution in [0, 0.1) is 0 Å². The van der Waals surface area contributed by atoms with Gasteiger partial charge in [0.15, 0.2) is 0 Å². The van der Waals surface area contributed by atoms with E-state index < -0.39 is 6.04 Å². The van der Waals surface area contributed by atoms with Gasteiger partial charge in [-0.3, -0.25) is 9.69 Å². The molecule has 3 N–H and O–H groups in total. The van der Waals surface area contributed by atoms with Crippen LogP contribution in [0.25, 0.3) is 0 Å². The standard InChI is InChI=1S/C17H27N3O3/c1-22-12-15(18)17(21)19-11-16(20-8-3-4-9-20)13-6-5-7-14(10-13)23-2/h5-7,10,15-16H,3-4,8-9,11-12,18H2,1-2H3,(H,19,21). The summed E-state index contributed by atoms with van der Waals surface area (Å²) in [6.45, 7) is 2.84. The summed E-state index contributed by atoms with van der Waals surface area (Å²) in [6.07, 6.45) is 2.38. The van der Waals surface area contributed by atoms with Crippen molar-refractivity contribution in [2.45, 2.75) is 24.9 Å². The Morgan fingerprint density at radius 2 is 2.09 bits per heavy atom. The maximum absolute atomic E-state index is 12.0. The van der Waals surface area contributed by atoms with Gasteiger partial charge < -0.3 is 20.5 Å². The second-order valence-electron chi connectivity index (χ2n) is 5.84. The van der Waals surface area contributed by atoms with Crippen molar-refractivity contribution in [3.05, 3.63) is 29.8 Å². The molecule has 1 heterocycles. The Balaban J connectivity index is 2.06. The number of carbonyl (C=O) groups excluding carboxylic acids is 1. The van der Waals surface area contributed by atoms with Gasteiger partial charge in [0.2, 0.25) is 5.91 Å². The molecule has 0 bridgehead atoms. The van der Waals surface area contributed by atoms with Crippen molar-refractivity contribution in [3.63, 3.8) is 0 Å². The molecule has 2 rings (SSSR count). The van der Waals surface area contributed by atoms with E-state index in [1.807, 2.05) is 18.2 Å². The summed E-state index contributed by atoms with van der Waals surface area (Å²) in [5, 5.41) is 2.95. The van der Waals surface area contributed by atoms with Crippen molar-refractivity contribution in [2.75, 3.05) is 40.5 Å². The van der Waals surface area contributed by atoms with Gasteiger partial charge in [-0.2, -0.15) is 0 Å². The zero-order chi connectivity index (χ0) is 16.7. The maximum atomic E-state index is 12.0. The third-order valence-electron chi connectivity index (χ3n) is 4.21. The van der Waals surface area contributed by atoms with Gasteiger partial charge in [-0.25, -0.2) is 0 Å². The van der Waals surface area contributed by atoms with Gasteiger partial charge in [0, 0.05) is 13.7 Å². The summed E-state index contributed by atoms with van der Waals surface area (Å²) in [7, 11) is 3.20. The number of nitrogens with two attached hydrogens (primary N) is 1. The highest BCUT2D eigenvalue weighted by Gasteiger charge is 2.25. The molecule has 1 saturated heterocycles. The van der Waals surface area contributed by atoms with Crippen LogP contribution < -0.4 is 15.8 Å². The van der Waals surface area contributed by atoms with Gasteiger partial charge in [-0.1, -0.05) is 12.1 Å². The monoisotopic (exact) mass is 321 g/mol. The van der Waals surface area contributed by atoms with Crippen LogP contribution in [0.5, 0.6) is 5.75 Å². The first-order valence-corrected chi connectivity index (χ1v) is 8.06. The fraction of sp³-hybridized carbons (Fsp3) is 0.588. The Morgan fingerprint density at radius 3 is 2.74 bits per heavy atom. The first-order chi connectivity index (χ1) is 11.2. The van der Waals surface area contributed by atoms with Crippen LogP contribution >= 0.6 is 0 Å². The Bertz CT molecular complexity index is 504. The Morgan fingerprint density at radius 1 is 1.35 bits per heavy atom. The third kappa shape index (κ3) is 4.92. The molecule has 1 aliphatic rings. The van der Waals surface area contributed by atoms with Crippen LogP contribution in [0.3, 0.4) is 0 Å². The van der Waals surface area contributed by atoms with Crippen molar-refractivity contribution < 1.29 is 14.3 Å². The highest BCUT2D eigenvalue weighted by atomic mass is 16.5. The number of methoxy groups -OCH3 is 2. The summed E-state index contributed by atoms with van der Waals surface area (Å²) in [5.41, 5.74) is 6.93. The van der Waals surface area contributed by atoms with Gasteiger partial charge >= 0.3 is 0 Å². The van der Waals surface area contributed by atoms with E-state index in [9.17, 15) is 4.79 Å². The normalized spacial score (nSPS) is 17.7. The van der Waals surface area contributed by atoms with Crippen LogP contribution in [0.1, 0.15) is 24.4 Å². The molecule has 1 fully saturated rings. The molecule has 1 amide bonds. The van der Waals surface area contributed by atoms with E-state index in [0.29, 0.717) is 6.54 Å². The molecule has 6 nitrogen and oxygen atoms in total. The van der Waals surface area contributed by atoms with Gasteiger partial charge in [-0.05, 0) is 43.6 Å². The van der Waals surface area contributed by atoms with E-state index in [4.69, 9.17) is 15.2 Å². The van der Waals surface area contributed by atoms with Gasteiger partial charge in [0.25, 0.3) is 0 Å². The van der Waals surface area contributed by atoms with Crippen molar-refractivity contribution in [2.24, 2.45) is 5.73 Å². The largest absolute Gasteiger partial charge is 0.497 e. The fourth-order valence-electron chi connectivity index (χ4n) is 2.94. The molecule has 128 valence electrons. The summed E-state index contributed by atoms with van der Waals surface area (Å²) >= 11 is 0. The minimum Gasteiger partial charge on any atom is -0.497 e. The number of benzene rings is 1. The van der Waals surface area contributed by atoms with Crippen molar-refractivity contribution in [3.8, 4) is 5.75 Å². The van der Waals surface area contributed by atoms with Crippen molar-refractivity contribution in [1.82, 2.24) is 10.2 Å². The zero-order valence-electron chi connectivity index (χ0n) is 14.0.